The van der Waals surface area contributed by atoms with Crippen molar-refractivity contribution in [1.29, 1.82) is 0 Å². The molecule has 0 saturated heterocycles. The molecule has 0 aliphatic carbocycles. The van der Waals surface area contributed by atoms with Gasteiger partial charge in [0, 0.05) is 59.7 Å². The van der Waals surface area contributed by atoms with Crippen LogP contribution in [0.25, 0.3) is 137 Å². The van der Waals surface area contributed by atoms with E-state index in [2.05, 4.69) is 225 Å². The van der Waals surface area contributed by atoms with Crippen LogP contribution in [0.4, 0.5) is 0 Å². The van der Waals surface area contributed by atoms with Gasteiger partial charge in [-0.15, -0.1) is 0 Å². The van der Waals surface area contributed by atoms with Gasteiger partial charge in [0.2, 0.25) is 0 Å². The molecule has 0 spiro atoms. The second-order valence-electron chi connectivity index (χ2n) is 21.2. The van der Waals surface area contributed by atoms with Crippen LogP contribution in [0.2, 0.25) is 0 Å². The van der Waals surface area contributed by atoms with Crippen LogP contribution in [0.1, 0.15) is 52.7 Å². The fourth-order valence-corrected chi connectivity index (χ4v) is 12.0. The lowest BCUT2D eigenvalue weighted by Crippen LogP contribution is -2.11. The van der Waals surface area contributed by atoms with E-state index < -0.39 is 0 Å². The van der Waals surface area contributed by atoms with Crippen molar-refractivity contribution in [3.63, 3.8) is 0 Å². The maximum Gasteiger partial charge on any atom is 0.146 e. The summed E-state index contributed by atoms with van der Waals surface area (Å²) in [5.41, 5.74) is 16.7. The number of hydrogen-bond acceptors (Lipinski definition) is 1. The van der Waals surface area contributed by atoms with Gasteiger partial charge in [-0.1, -0.05) is 133 Å². The van der Waals surface area contributed by atoms with E-state index in [1.165, 1.54) is 131 Å². The van der Waals surface area contributed by atoms with E-state index >= 15 is 0 Å². The Balaban J connectivity index is 1.12. The number of aromatic nitrogens is 4. The summed E-state index contributed by atoms with van der Waals surface area (Å²) >= 11 is 0. The average molecular weight is 859 g/mol. The molecule has 67 heavy (non-hydrogen) atoms. The zero-order chi connectivity index (χ0) is 44.8. The molecule has 0 N–H and O–H groups in total. The van der Waals surface area contributed by atoms with E-state index in [4.69, 9.17) is 4.98 Å². The maximum atomic E-state index is 5.91. The second-order valence-corrected chi connectivity index (χ2v) is 21.2. The van der Waals surface area contributed by atoms with Crippen molar-refractivity contribution in [3.05, 3.63) is 181 Å². The topological polar surface area (TPSA) is 26.6 Å². The third-order valence-electron chi connectivity index (χ3n) is 15.3. The van der Waals surface area contributed by atoms with E-state index in [1.807, 2.05) is 0 Å². The van der Waals surface area contributed by atoms with Crippen molar-refractivity contribution in [1.82, 2.24) is 18.4 Å². The zero-order valence-corrected chi connectivity index (χ0v) is 38.5. The maximum absolute atomic E-state index is 5.91. The quantitative estimate of drug-likeness (QED) is 0.170. The second kappa shape index (κ2) is 12.5. The van der Waals surface area contributed by atoms with Gasteiger partial charge >= 0.3 is 0 Å². The standard InChI is InChI=1S/C63H46N4/c1-62(2,3)39-30-44(38-24-25-53-45(27-38)43-22-14-15-23-52(43)65(53)41-19-8-7-9-20-41)58-47(31-39)48-32-40(63(4,5)6)33-51-57-55(66(58)59(48)51)34-49-46-28-37-18-12-13-21-42(37)56-50-26-35-16-10-11-17-36(35)29-54(50)67(60(46)56)61(49)64-57/h7-34H,1-6H3. The van der Waals surface area contributed by atoms with Gasteiger partial charge in [-0.2, -0.15) is 0 Å². The average Bonchev–Trinajstić information content (AvgIpc) is 4.11. The molecule has 0 aliphatic rings. The number of nitrogens with zero attached hydrogens (tertiary/aromatic N) is 4. The largest absolute Gasteiger partial charge is 0.309 e. The van der Waals surface area contributed by atoms with Gasteiger partial charge in [-0.05, 0) is 128 Å². The molecule has 0 atom stereocenters. The summed E-state index contributed by atoms with van der Waals surface area (Å²) in [5, 5.41) is 16.3. The van der Waals surface area contributed by atoms with Gasteiger partial charge in [0.1, 0.15) is 5.65 Å². The predicted molar refractivity (Wildman–Crippen MR) is 286 cm³/mol. The molecule has 318 valence electrons. The van der Waals surface area contributed by atoms with E-state index in [9.17, 15) is 0 Å². The summed E-state index contributed by atoms with van der Waals surface area (Å²) in [5.74, 6) is 0. The van der Waals surface area contributed by atoms with Crippen LogP contribution >= 0.6 is 0 Å². The SMILES string of the molecule is CC(C)(C)c1cc(-c2ccc3c(c2)c2ccccc2n3-c2ccccc2)c2c(c1)c1cc(C(C)(C)C)cc3c4nc5c(cc4n2c13)c1cc2ccccc2c2c3cc4ccccc4cc3n5c12. The number of fused-ring (bicyclic) bond motifs is 18. The Morgan fingerprint density at radius 1 is 0.373 bits per heavy atom. The summed E-state index contributed by atoms with van der Waals surface area (Å²) in [6.45, 7) is 14.1. The minimum atomic E-state index is -0.0821. The summed E-state index contributed by atoms with van der Waals surface area (Å²) in [7, 11) is 0. The first-order chi connectivity index (χ1) is 32.5. The highest BCUT2D eigenvalue weighted by Gasteiger charge is 2.29. The number of benzene rings is 9. The molecule has 0 fully saturated rings. The van der Waals surface area contributed by atoms with Gasteiger partial charge in [-0.25, -0.2) is 4.98 Å². The molecule has 0 unspecified atom stereocenters. The van der Waals surface area contributed by atoms with Gasteiger partial charge in [0.15, 0.2) is 0 Å². The molecule has 0 radical (unpaired) electrons. The minimum Gasteiger partial charge on any atom is -0.309 e. The van der Waals surface area contributed by atoms with E-state index in [1.54, 1.807) is 0 Å². The first-order valence-corrected chi connectivity index (χ1v) is 23.7. The first kappa shape index (κ1) is 37.3. The van der Waals surface area contributed by atoms with Crippen LogP contribution < -0.4 is 0 Å². The summed E-state index contributed by atoms with van der Waals surface area (Å²) < 4.78 is 7.48. The lowest BCUT2D eigenvalue weighted by atomic mass is 9.83. The van der Waals surface area contributed by atoms with E-state index in [-0.39, 0.29) is 10.8 Å². The Bertz CT molecular complexity index is 4620. The molecule has 4 nitrogen and oxygen atoms in total. The molecule has 15 rings (SSSR count). The third-order valence-corrected chi connectivity index (χ3v) is 15.3. The van der Waals surface area contributed by atoms with Crippen molar-refractivity contribution in [3.8, 4) is 16.8 Å². The summed E-state index contributed by atoms with van der Waals surface area (Å²) in [6, 6.07) is 64.1. The van der Waals surface area contributed by atoms with Crippen LogP contribution in [0.5, 0.6) is 0 Å². The van der Waals surface area contributed by atoms with Crippen molar-refractivity contribution >= 4 is 120 Å². The molecule has 0 amide bonds. The van der Waals surface area contributed by atoms with Gasteiger partial charge in [0.25, 0.3) is 0 Å². The highest BCUT2D eigenvalue weighted by atomic mass is 15.0. The molecule has 6 aromatic heterocycles. The molecule has 9 aromatic carbocycles. The van der Waals surface area contributed by atoms with Crippen LogP contribution in [0, 0.1) is 0 Å². The Morgan fingerprint density at radius 3 is 1.76 bits per heavy atom. The Kier molecular flexibility index (Phi) is 6.94. The molecule has 15 aromatic rings. The fraction of sp³-hybridized carbons (Fsp3) is 0.127. The lowest BCUT2D eigenvalue weighted by molar-refractivity contribution is 0.591. The molecule has 4 heteroatoms. The van der Waals surface area contributed by atoms with Crippen molar-refractivity contribution in [2.75, 3.05) is 0 Å². The van der Waals surface area contributed by atoms with Gasteiger partial charge < -0.3 is 8.97 Å². The van der Waals surface area contributed by atoms with Crippen molar-refractivity contribution < 1.29 is 0 Å². The lowest BCUT2D eigenvalue weighted by Gasteiger charge is -2.22. The first-order valence-electron chi connectivity index (χ1n) is 23.7. The molecule has 0 bridgehead atoms. The Morgan fingerprint density at radius 2 is 0.985 bits per heavy atom. The van der Waals surface area contributed by atoms with Crippen LogP contribution in [0.15, 0.2) is 170 Å². The Labute approximate surface area is 386 Å². The van der Waals surface area contributed by atoms with Crippen LogP contribution in [0.3, 0.4) is 0 Å². The monoisotopic (exact) mass is 858 g/mol. The number of hydrogen-bond donors (Lipinski definition) is 0. The van der Waals surface area contributed by atoms with Crippen molar-refractivity contribution in [2.45, 2.75) is 52.4 Å². The smallest absolute Gasteiger partial charge is 0.146 e. The van der Waals surface area contributed by atoms with E-state index in [0.717, 1.165) is 16.7 Å². The number of para-hydroxylation sites is 2. The highest BCUT2D eigenvalue weighted by Crippen LogP contribution is 2.49. The summed E-state index contributed by atoms with van der Waals surface area (Å²) in [4.78, 5) is 5.91. The minimum absolute atomic E-state index is 0.0807. The highest BCUT2D eigenvalue weighted by molar-refractivity contribution is 6.33. The van der Waals surface area contributed by atoms with Gasteiger partial charge in [-0.3, -0.25) is 4.40 Å². The summed E-state index contributed by atoms with van der Waals surface area (Å²) in [6.07, 6.45) is 0. The molecular weight excluding hydrogens is 813 g/mol. The molecule has 6 heterocycles. The number of rotatable bonds is 2. The molecule has 0 aliphatic heterocycles. The van der Waals surface area contributed by atoms with Crippen molar-refractivity contribution in [2.24, 2.45) is 0 Å². The van der Waals surface area contributed by atoms with E-state index in [0.29, 0.717) is 0 Å². The Hall–Kier alpha value is -7.95. The normalized spacial score (nSPS) is 13.2. The predicted octanol–water partition coefficient (Wildman–Crippen LogP) is 17.0. The zero-order valence-electron chi connectivity index (χ0n) is 38.5. The number of pyridine rings is 1. The third kappa shape index (κ3) is 4.84. The fourth-order valence-electron chi connectivity index (χ4n) is 12.0. The van der Waals surface area contributed by atoms with Crippen LogP contribution in [-0.2, 0) is 10.8 Å². The molecule has 0 saturated carbocycles. The van der Waals surface area contributed by atoms with Gasteiger partial charge in [0.05, 0.1) is 44.1 Å². The molecular formula is C63H46N4. The van der Waals surface area contributed by atoms with Crippen LogP contribution in [-0.4, -0.2) is 18.4 Å².